The van der Waals surface area contributed by atoms with Gasteiger partial charge in [0.05, 0.1) is 12.1 Å². The van der Waals surface area contributed by atoms with Gasteiger partial charge >= 0.3 is 6.03 Å². The Morgan fingerprint density at radius 1 is 1.11 bits per heavy atom. The number of hydrogen-bond acceptors (Lipinski definition) is 6. The average Bonchev–Trinajstić information content (AvgIpc) is 3.50. The van der Waals surface area contributed by atoms with E-state index >= 15 is 0 Å². The van der Waals surface area contributed by atoms with Gasteiger partial charge in [0.15, 0.2) is 0 Å². The third-order valence-corrected chi connectivity index (χ3v) is 8.74. The van der Waals surface area contributed by atoms with Crippen LogP contribution in [0.3, 0.4) is 0 Å². The summed E-state index contributed by atoms with van der Waals surface area (Å²) in [5.41, 5.74) is 3.37. The van der Waals surface area contributed by atoms with Crippen LogP contribution in [0, 0.1) is 12.7 Å². The molecule has 0 aliphatic heterocycles. The van der Waals surface area contributed by atoms with E-state index in [-0.39, 0.29) is 10.9 Å². The summed E-state index contributed by atoms with van der Waals surface area (Å²) in [5, 5.41) is 12.7. The Morgan fingerprint density at radius 2 is 1.71 bits per heavy atom. The van der Waals surface area contributed by atoms with E-state index in [1.165, 1.54) is 6.07 Å². The predicted octanol–water partition coefficient (Wildman–Crippen LogP) is 3.56. The van der Waals surface area contributed by atoms with Crippen molar-refractivity contribution >= 4 is 21.7 Å². The second-order valence-electron chi connectivity index (χ2n) is 10.3. The predicted molar refractivity (Wildman–Crippen MR) is 128 cm³/mol. The van der Waals surface area contributed by atoms with E-state index in [1.807, 2.05) is 16.7 Å². The minimum Gasteiger partial charge on any atom is -0.446 e. The molecule has 0 atom stereocenters. The maximum absolute atomic E-state index is 14.9. The summed E-state index contributed by atoms with van der Waals surface area (Å²) in [6.45, 7) is 2.56. The highest BCUT2D eigenvalue weighted by Crippen LogP contribution is 2.41. The molecule has 3 aliphatic carbocycles. The Balaban J connectivity index is 1.30. The van der Waals surface area contributed by atoms with Crippen LogP contribution in [0.1, 0.15) is 65.7 Å². The minimum absolute atomic E-state index is 0.156. The number of furan rings is 1. The maximum atomic E-state index is 14.9. The number of hydrogen-bond donors (Lipinski definition) is 3. The molecule has 0 radical (unpaired) electrons. The lowest BCUT2D eigenvalue weighted by molar-refractivity contribution is -0.0564. The van der Waals surface area contributed by atoms with Crippen LogP contribution in [0.4, 0.5) is 14.9 Å². The van der Waals surface area contributed by atoms with Gasteiger partial charge in [-0.2, -0.15) is 8.42 Å². The Bertz CT molecular complexity index is 1250. The van der Waals surface area contributed by atoms with Crippen molar-refractivity contribution in [3.05, 3.63) is 45.5 Å². The average molecular weight is 506 g/mol. The lowest BCUT2D eigenvalue weighted by atomic mass is 9.80. The molecule has 8 nitrogen and oxygen atoms in total. The van der Waals surface area contributed by atoms with Crippen molar-refractivity contribution in [2.75, 3.05) is 18.9 Å². The van der Waals surface area contributed by atoms with Crippen LogP contribution in [0.2, 0.25) is 0 Å². The minimum atomic E-state index is -4.25. The normalized spacial score (nSPS) is 18.3. The molecule has 0 unspecified atom stereocenters. The molecular formula is C25H32FN3O5S. The zero-order valence-electron chi connectivity index (χ0n) is 20.2. The Labute approximate surface area is 204 Å². The van der Waals surface area contributed by atoms with Gasteiger partial charge in [-0.25, -0.2) is 13.9 Å². The van der Waals surface area contributed by atoms with E-state index in [0.717, 1.165) is 43.2 Å². The molecule has 1 aromatic carbocycles. The van der Waals surface area contributed by atoms with Crippen LogP contribution in [0.5, 0.6) is 0 Å². The molecule has 1 fully saturated rings. The highest BCUT2D eigenvalue weighted by molar-refractivity contribution is 7.89. The van der Waals surface area contributed by atoms with E-state index in [2.05, 4.69) is 5.32 Å². The highest BCUT2D eigenvalue weighted by atomic mass is 32.2. The van der Waals surface area contributed by atoms with E-state index < -0.39 is 21.7 Å². The fraction of sp³-hybridized carbons (Fsp3) is 0.560. The SMILES string of the molecule is Cc1cc(S(=O)(=O)NC(=O)Nc2c3c(c(F)c4c2CCC4)CCC3)oc1CN(C)CC1(O)CCC1. The molecule has 1 aromatic heterocycles. The van der Waals surface area contributed by atoms with E-state index in [0.29, 0.717) is 66.9 Å². The number of aryl methyl sites for hydroxylation is 1. The van der Waals surface area contributed by atoms with Crippen LogP contribution in [0.25, 0.3) is 0 Å². The van der Waals surface area contributed by atoms with Crippen molar-refractivity contribution in [3.63, 3.8) is 0 Å². The van der Waals surface area contributed by atoms with Crippen LogP contribution in [-0.4, -0.2) is 43.6 Å². The van der Waals surface area contributed by atoms with Gasteiger partial charge in [0.1, 0.15) is 11.6 Å². The van der Waals surface area contributed by atoms with Crippen molar-refractivity contribution in [1.82, 2.24) is 9.62 Å². The summed E-state index contributed by atoms with van der Waals surface area (Å²) in [6, 6.07) is 0.504. The van der Waals surface area contributed by atoms with Gasteiger partial charge in [0.25, 0.3) is 10.0 Å². The van der Waals surface area contributed by atoms with Gasteiger partial charge in [-0.15, -0.1) is 0 Å². The largest absolute Gasteiger partial charge is 0.446 e. The smallest absolute Gasteiger partial charge is 0.333 e. The molecule has 0 saturated heterocycles. The van der Waals surface area contributed by atoms with Crippen molar-refractivity contribution in [2.24, 2.45) is 0 Å². The Morgan fingerprint density at radius 3 is 2.29 bits per heavy atom. The molecule has 10 heteroatoms. The topological polar surface area (TPSA) is 112 Å². The molecule has 0 spiro atoms. The summed E-state index contributed by atoms with van der Waals surface area (Å²) in [5.74, 6) is 0.307. The van der Waals surface area contributed by atoms with Crippen molar-refractivity contribution < 1.29 is 27.1 Å². The number of benzene rings is 1. The van der Waals surface area contributed by atoms with Gasteiger partial charge in [0.2, 0.25) is 5.09 Å². The monoisotopic (exact) mass is 505 g/mol. The third kappa shape index (κ3) is 4.59. The number of carbonyl (C=O) groups is 1. The van der Waals surface area contributed by atoms with Crippen LogP contribution >= 0.6 is 0 Å². The number of halogens is 1. The first-order valence-corrected chi connectivity index (χ1v) is 13.7. The van der Waals surface area contributed by atoms with E-state index in [4.69, 9.17) is 4.42 Å². The summed E-state index contributed by atoms with van der Waals surface area (Å²) < 4.78 is 48.4. The molecule has 3 N–H and O–H groups in total. The number of rotatable bonds is 7. The summed E-state index contributed by atoms with van der Waals surface area (Å²) in [6.07, 6.45) is 6.71. The van der Waals surface area contributed by atoms with Gasteiger partial charge in [0, 0.05) is 18.3 Å². The van der Waals surface area contributed by atoms with Crippen LogP contribution < -0.4 is 10.0 Å². The quantitative estimate of drug-likeness (QED) is 0.531. The maximum Gasteiger partial charge on any atom is 0.333 e. The molecule has 1 saturated carbocycles. The Hall–Kier alpha value is -2.43. The van der Waals surface area contributed by atoms with Gasteiger partial charge < -0.3 is 14.8 Å². The first-order valence-electron chi connectivity index (χ1n) is 12.3. The second-order valence-corrected chi connectivity index (χ2v) is 11.9. The number of carbonyl (C=O) groups excluding carboxylic acids is 1. The zero-order valence-corrected chi connectivity index (χ0v) is 21.0. The second kappa shape index (κ2) is 8.90. The zero-order chi connectivity index (χ0) is 25.0. The van der Waals surface area contributed by atoms with Crippen LogP contribution in [0.15, 0.2) is 15.6 Å². The number of sulfonamides is 1. The number of nitrogens with one attached hydrogen (secondary N) is 2. The Kier molecular flexibility index (Phi) is 6.17. The molecule has 0 bridgehead atoms. The molecule has 5 rings (SSSR count). The van der Waals surface area contributed by atoms with Gasteiger partial charge in [-0.3, -0.25) is 4.90 Å². The molecule has 2 amide bonds. The highest BCUT2D eigenvalue weighted by Gasteiger charge is 2.36. The summed E-state index contributed by atoms with van der Waals surface area (Å²) >= 11 is 0. The number of amides is 2. The van der Waals surface area contributed by atoms with Crippen LogP contribution in [-0.2, 0) is 42.3 Å². The number of likely N-dealkylation sites (N-methyl/N-ethyl adjacent to an activating group) is 1. The summed E-state index contributed by atoms with van der Waals surface area (Å²) in [7, 11) is -2.41. The molecule has 35 heavy (non-hydrogen) atoms. The molecule has 2 aromatic rings. The molecule has 1 heterocycles. The third-order valence-electron chi connectivity index (χ3n) is 7.56. The molecule has 190 valence electrons. The first kappa shape index (κ1) is 24.3. The van der Waals surface area contributed by atoms with Gasteiger partial charge in [-0.1, -0.05) is 0 Å². The first-order chi connectivity index (χ1) is 16.6. The number of fused-ring (bicyclic) bond motifs is 2. The standard InChI is InChI=1S/C25H32FN3O5S/c1-15-12-21(34-20(15)13-29(2)14-25(31)10-5-11-25)35(32,33)28-24(30)27-23-18-8-3-6-16(18)22(26)17-7-4-9-19(17)23/h12,31H,3-11,13-14H2,1-2H3,(H2,27,28,30). The fourth-order valence-electron chi connectivity index (χ4n) is 5.67. The lowest BCUT2D eigenvalue weighted by Crippen LogP contribution is -2.46. The number of urea groups is 1. The van der Waals surface area contributed by atoms with Crippen molar-refractivity contribution in [3.8, 4) is 0 Å². The van der Waals surface area contributed by atoms with Gasteiger partial charge in [-0.05, 0) is 99.6 Å². The lowest BCUT2D eigenvalue weighted by Gasteiger charge is -2.39. The fourth-order valence-corrected chi connectivity index (χ4v) is 6.61. The van der Waals surface area contributed by atoms with E-state index in [9.17, 15) is 22.7 Å². The molecular weight excluding hydrogens is 473 g/mol. The number of anilines is 1. The summed E-state index contributed by atoms with van der Waals surface area (Å²) in [4.78, 5) is 14.7. The van der Waals surface area contributed by atoms with E-state index in [1.54, 1.807) is 6.92 Å². The molecule has 3 aliphatic rings. The number of aliphatic hydroxyl groups is 1. The number of nitrogens with zero attached hydrogens (tertiary/aromatic N) is 1. The van der Waals surface area contributed by atoms with Crippen molar-refractivity contribution in [1.29, 1.82) is 0 Å². The van der Waals surface area contributed by atoms with Crippen molar-refractivity contribution in [2.45, 2.75) is 81.9 Å².